The van der Waals surface area contributed by atoms with Crippen molar-refractivity contribution in [3.05, 3.63) is 81.6 Å². The van der Waals surface area contributed by atoms with E-state index in [1.165, 1.54) is 17.4 Å². The molecule has 0 radical (unpaired) electrons. The molecule has 0 aliphatic rings. The van der Waals surface area contributed by atoms with Crippen molar-refractivity contribution in [2.24, 2.45) is 0 Å². The van der Waals surface area contributed by atoms with Crippen LogP contribution in [-0.2, 0) is 13.0 Å². The Morgan fingerprint density at radius 2 is 1.83 bits per heavy atom. The highest BCUT2D eigenvalue weighted by Gasteiger charge is 2.09. The zero-order valence-corrected chi connectivity index (χ0v) is 16.9. The molecule has 1 heterocycles. The largest absolute Gasteiger partial charge is 0.355 e. The van der Waals surface area contributed by atoms with Crippen LogP contribution in [0.3, 0.4) is 0 Å². The van der Waals surface area contributed by atoms with E-state index in [0.29, 0.717) is 29.2 Å². The molecule has 0 aliphatic heterocycles. The van der Waals surface area contributed by atoms with Crippen LogP contribution in [0.25, 0.3) is 0 Å². The van der Waals surface area contributed by atoms with Gasteiger partial charge in [0.15, 0.2) is 5.13 Å². The maximum atomic E-state index is 13.7. The van der Waals surface area contributed by atoms with E-state index >= 15 is 0 Å². The number of carbonyl (C=O) groups is 2. The van der Waals surface area contributed by atoms with Gasteiger partial charge in [-0.3, -0.25) is 10.1 Å². The number of hydrogen-bond donors (Lipinski definition) is 3. The van der Waals surface area contributed by atoms with E-state index in [1.54, 1.807) is 50.5 Å². The van der Waals surface area contributed by atoms with Crippen LogP contribution in [-0.4, -0.2) is 24.0 Å². The van der Waals surface area contributed by atoms with Gasteiger partial charge in [-0.25, -0.2) is 14.2 Å². The number of thiazole rings is 1. The average Bonchev–Trinajstić information content (AvgIpc) is 3.15. The van der Waals surface area contributed by atoms with Crippen LogP contribution >= 0.6 is 11.3 Å². The first-order valence-electron chi connectivity index (χ1n) is 9.00. The summed E-state index contributed by atoms with van der Waals surface area (Å²) >= 11 is 1.35. The van der Waals surface area contributed by atoms with Gasteiger partial charge in [-0.2, -0.15) is 0 Å². The molecular weight excluding hydrogens is 391 g/mol. The van der Waals surface area contributed by atoms with Crippen LogP contribution in [0.4, 0.5) is 14.3 Å². The van der Waals surface area contributed by atoms with Crippen molar-refractivity contribution in [3.8, 4) is 0 Å². The molecule has 0 saturated heterocycles. The van der Waals surface area contributed by atoms with Crippen LogP contribution in [0.15, 0.2) is 48.7 Å². The van der Waals surface area contributed by atoms with Gasteiger partial charge in [0, 0.05) is 36.7 Å². The lowest BCUT2D eigenvalue weighted by Gasteiger charge is -2.06. The molecule has 150 valence electrons. The lowest BCUT2D eigenvalue weighted by atomic mass is 10.1. The van der Waals surface area contributed by atoms with Gasteiger partial charge in [0.2, 0.25) is 0 Å². The number of carbonyl (C=O) groups excluding carboxylic acids is 2. The number of nitrogens with zero attached hydrogens (tertiary/aromatic N) is 1. The third kappa shape index (κ3) is 5.61. The van der Waals surface area contributed by atoms with E-state index in [1.807, 2.05) is 6.07 Å². The lowest BCUT2D eigenvalue weighted by Crippen LogP contribution is -2.28. The van der Waals surface area contributed by atoms with Crippen LogP contribution in [0.5, 0.6) is 0 Å². The second-order valence-corrected chi connectivity index (χ2v) is 7.59. The van der Waals surface area contributed by atoms with E-state index in [2.05, 4.69) is 20.9 Å². The molecule has 3 aromatic rings. The quantitative estimate of drug-likeness (QED) is 0.575. The number of rotatable bonds is 6. The van der Waals surface area contributed by atoms with Gasteiger partial charge in [-0.15, -0.1) is 11.3 Å². The van der Waals surface area contributed by atoms with Gasteiger partial charge in [-0.1, -0.05) is 24.3 Å². The number of aromatic nitrogens is 1. The summed E-state index contributed by atoms with van der Waals surface area (Å²) < 4.78 is 13.7. The highest BCUT2D eigenvalue weighted by atomic mass is 32.1. The molecule has 1 aromatic heterocycles. The van der Waals surface area contributed by atoms with E-state index in [9.17, 15) is 14.0 Å². The Balaban J connectivity index is 1.51. The third-order valence-corrected chi connectivity index (χ3v) is 5.20. The van der Waals surface area contributed by atoms with Crippen LogP contribution < -0.4 is 16.0 Å². The maximum Gasteiger partial charge on any atom is 0.321 e. The highest BCUT2D eigenvalue weighted by Crippen LogP contribution is 2.22. The molecule has 3 rings (SSSR count). The monoisotopic (exact) mass is 412 g/mol. The normalized spacial score (nSPS) is 10.4. The van der Waals surface area contributed by atoms with Crippen molar-refractivity contribution in [3.63, 3.8) is 0 Å². The number of halogens is 1. The number of urea groups is 1. The van der Waals surface area contributed by atoms with Crippen molar-refractivity contribution in [1.82, 2.24) is 15.6 Å². The third-order valence-electron chi connectivity index (χ3n) is 4.28. The summed E-state index contributed by atoms with van der Waals surface area (Å²) in [7, 11) is 1.57. The van der Waals surface area contributed by atoms with Gasteiger partial charge in [0.1, 0.15) is 5.82 Å². The summed E-state index contributed by atoms with van der Waals surface area (Å²) in [5.41, 5.74) is 2.90. The minimum absolute atomic E-state index is 0.157. The first-order valence-corrected chi connectivity index (χ1v) is 9.82. The highest BCUT2D eigenvalue weighted by molar-refractivity contribution is 7.15. The van der Waals surface area contributed by atoms with Crippen LogP contribution in [0, 0.1) is 12.7 Å². The Kier molecular flexibility index (Phi) is 6.56. The van der Waals surface area contributed by atoms with Gasteiger partial charge in [0.05, 0.1) is 0 Å². The first kappa shape index (κ1) is 20.5. The van der Waals surface area contributed by atoms with Gasteiger partial charge in [-0.05, 0) is 41.8 Å². The summed E-state index contributed by atoms with van der Waals surface area (Å²) in [5.74, 6) is -0.386. The molecule has 8 heteroatoms. The van der Waals surface area contributed by atoms with Crippen molar-refractivity contribution in [2.45, 2.75) is 19.9 Å². The summed E-state index contributed by atoms with van der Waals surface area (Å²) in [6.45, 7) is 2.05. The smallest absolute Gasteiger partial charge is 0.321 e. The van der Waals surface area contributed by atoms with Crippen LogP contribution in [0.1, 0.15) is 31.9 Å². The summed E-state index contributed by atoms with van der Waals surface area (Å²) in [5, 5.41) is 8.48. The first-order chi connectivity index (χ1) is 13.9. The summed E-state index contributed by atoms with van der Waals surface area (Å²) in [6.07, 6.45) is 2.23. The Labute approximate surface area is 172 Å². The minimum Gasteiger partial charge on any atom is -0.355 e. The molecular formula is C21H21FN4O2S. The Morgan fingerprint density at radius 1 is 1.10 bits per heavy atom. The molecule has 29 heavy (non-hydrogen) atoms. The molecule has 3 N–H and O–H groups in total. The second kappa shape index (κ2) is 9.29. The topological polar surface area (TPSA) is 83.1 Å². The number of aryl methyl sites for hydroxylation is 1. The van der Waals surface area contributed by atoms with E-state index in [0.717, 1.165) is 16.0 Å². The molecule has 0 unspecified atom stereocenters. The number of hydrogen-bond acceptors (Lipinski definition) is 4. The Hall–Kier alpha value is -3.26. The lowest BCUT2D eigenvalue weighted by molar-refractivity contribution is 0.0963. The van der Waals surface area contributed by atoms with Gasteiger partial charge < -0.3 is 10.6 Å². The molecule has 2 aromatic carbocycles. The average molecular weight is 412 g/mol. The number of anilines is 1. The zero-order valence-electron chi connectivity index (χ0n) is 16.1. The predicted molar refractivity (Wildman–Crippen MR) is 112 cm³/mol. The van der Waals surface area contributed by atoms with Crippen molar-refractivity contribution in [2.75, 3.05) is 12.4 Å². The van der Waals surface area contributed by atoms with E-state index < -0.39 is 0 Å². The number of nitrogens with one attached hydrogen (secondary N) is 3. The molecule has 0 atom stereocenters. The molecule has 6 nitrogen and oxygen atoms in total. The number of benzene rings is 2. The SMILES string of the molecule is CNC(=O)c1ccc(CNC(=O)Nc2ncc(Cc3ccc(C)c(F)c3)s2)cc1. The minimum atomic E-state index is -0.373. The zero-order chi connectivity index (χ0) is 20.8. The Bertz CT molecular complexity index is 1020. The van der Waals surface area contributed by atoms with E-state index in [4.69, 9.17) is 0 Å². The van der Waals surface area contributed by atoms with Gasteiger partial charge >= 0.3 is 6.03 Å². The molecule has 0 saturated carbocycles. The molecule has 3 amide bonds. The number of amides is 3. The molecule has 0 aliphatic carbocycles. The summed E-state index contributed by atoms with van der Waals surface area (Å²) in [4.78, 5) is 28.7. The van der Waals surface area contributed by atoms with Crippen molar-refractivity contribution in [1.29, 1.82) is 0 Å². The van der Waals surface area contributed by atoms with Crippen molar-refractivity contribution < 1.29 is 14.0 Å². The maximum absolute atomic E-state index is 13.7. The van der Waals surface area contributed by atoms with Gasteiger partial charge in [0.25, 0.3) is 5.91 Å². The molecule has 0 fully saturated rings. The molecule has 0 spiro atoms. The fraction of sp³-hybridized carbons (Fsp3) is 0.190. The van der Waals surface area contributed by atoms with Crippen molar-refractivity contribution >= 4 is 28.4 Å². The van der Waals surface area contributed by atoms with Crippen LogP contribution in [0.2, 0.25) is 0 Å². The summed E-state index contributed by atoms with van der Waals surface area (Å²) in [6, 6.07) is 11.8. The van der Waals surface area contributed by atoms with E-state index in [-0.39, 0.29) is 17.8 Å². The predicted octanol–water partition coefficient (Wildman–Crippen LogP) is 3.86. The fourth-order valence-corrected chi connectivity index (χ4v) is 3.48. The Morgan fingerprint density at radius 3 is 2.52 bits per heavy atom. The standard InChI is InChI=1S/C21H21FN4O2S/c1-13-3-4-15(10-18(13)22)9-17-12-25-21(29-17)26-20(28)24-11-14-5-7-16(8-6-14)19(27)23-2/h3-8,10,12H,9,11H2,1-2H3,(H,23,27)(H2,24,25,26,28). The molecule has 0 bridgehead atoms. The second-order valence-electron chi connectivity index (χ2n) is 6.48. The fourth-order valence-electron chi connectivity index (χ4n) is 2.64.